The van der Waals surface area contributed by atoms with E-state index in [4.69, 9.17) is 10.5 Å². The van der Waals surface area contributed by atoms with Crippen LogP contribution in [-0.4, -0.2) is 20.2 Å². The lowest BCUT2D eigenvalue weighted by Crippen LogP contribution is -2.09. The fourth-order valence-corrected chi connectivity index (χ4v) is 1.81. The Balaban J connectivity index is 1.79. The van der Waals surface area contributed by atoms with Crippen molar-refractivity contribution in [3.05, 3.63) is 24.3 Å². The summed E-state index contributed by atoms with van der Waals surface area (Å²) < 4.78 is 5.10. The van der Waals surface area contributed by atoms with Crippen LogP contribution < -0.4 is 15.8 Å². The van der Waals surface area contributed by atoms with Gasteiger partial charge >= 0.3 is 0 Å². The average Bonchev–Trinajstić information content (AvgIpc) is 3.06. The molecule has 0 aliphatic heterocycles. The lowest BCUT2D eigenvalue weighted by Gasteiger charge is -2.06. The zero-order chi connectivity index (χ0) is 10.7. The number of ether oxygens (including phenoxy) is 1. The minimum Gasteiger partial charge on any atom is -0.497 e. The van der Waals surface area contributed by atoms with E-state index in [2.05, 4.69) is 5.32 Å². The van der Waals surface area contributed by atoms with Gasteiger partial charge in [-0.15, -0.1) is 0 Å². The molecular formula is C12H18N2O. The Hall–Kier alpha value is -1.22. The van der Waals surface area contributed by atoms with Gasteiger partial charge in [-0.2, -0.15) is 0 Å². The molecule has 0 spiro atoms. The Morgan fingerprint density at radius 2 is 2.07 bits per heavy atom. The molecule has 0 amide bonds. The summed E-state index contributed by atoms with van der Waals surface area (Å²) in [5.74, 6) is 2.42. The molecule has 0 radical (unpaired) electrons. The number of rotatable bonds is 5. The summed E-state index contributed by atoms with van der Waals surface area (Å²) in [7, 11) is 1.68. The maximum atomic E-state index is 5.59. The number of anilines is 1. The molecule has 2 atom stereocenters. The van der Waals surface area contributed by atoms with Crippen molar-refractivity contribution in [1.82, 2.24) is 0 Å². The van der Waals surface area contributed by atoms with E-state index in [-0.39, 0.29) is 0 Å². The third-order valence-corrected chi connectivity index (χ3v) is 3.03. The van der Waals surface area contributed by atoms with Gasteiger partial charge in [0, 0.05) is 12.2 Å². The summed E-state index contributed by atoms with van der Waals surface area (Å²) in [5, 5.41) is 3.41. The molecule has 0 unspecified atom stereocenters. The molecular weight excluding hydrogens is 188 g/mol. The topological polar surface area (TPSA) is 47.3 Å². The lowest BCUT2D eigenvalue weighted by molar-refractivity contribution is 0.415. The second-order valence-electron chi connectivity index (χ2n) is 4.10. The fraction of sp³-hybridized carbons (Fsp3) is 0.500. The third kappa shape index (κ3) is 2.63. The Kier molecular flexibility index (Phi) is 3.11. The second-order valence-corrected chi connectivity index (χ2v) is 4.10. The van der Waals surface area contributed by atoms with Crippen LogP contribution in [0.25, 0.3) is 0 Å². The summed E-state index contributed by atoms with van der Waals surface area (Å²) in [6.45, 7) is 1.86. The number of methoxy groups -OCH3 is 1. The van der Waals surface area contributed by atoms with Crippen LogP contribution in [0.3, 0.4) is 0 Å². The predicted molar refractivity (Wildman–Crippen MR) is 62.1 cm³/mol. The average molecular weight is 206 g/mol. The highest BCUT2D eigenvalue weighted by atomic mass is 16.5. The highest BCUT2D eigenvalue weighted by Gasteiger charge is 2.34. The molecule has 2 rings (SSSR count). The molecule has 1 aromatic rings. The summed E-state index contributed by atoms with van der Waals surface area (Å²) >= 11 is 0. The van der Waals surface area contributed by atoms with Crippen molar-refractivity contribution in [3.63, 3.8) is 0 Å². The van der Waals surface area contributed by atoms with Crippen molar-refractivity contribution in [2.24, 2.45) is 17.6 Å². The summed E-state index contributed by atoms with van der Waals surface area (Å²) in [5.41, 5.74) is 6.74. The first-order chi connectivity index (χ1) is 7.33. The maximum absolute atomic E-state index is 5.59. The Labute approximate surface area is 90.6 Å². The quantitative estimate of drug-likeness (QED) is 0.771. The molecule has 1 aliphatic carbocycles. The lowest BCUT2D eigenvalue weighted by atomic mass is 10.2. The van der Waals surface area contributed by atoms with Crippen LogP contribution in [0.4, 0.5) is 5.69 Å². The summed E-state index contributed by atoms with van der Waals surface area (Å²) in [4.78, 5) is 0. The number of hydrogen-bond donors (Lipinski definition) is 2. The van der Waals surface area contributed by atoms with Crippen molar-refractivity contribution in [1.29, 1.82) is 0 Å². The normalized spacial score (nSPS) is 23.6. The van der Waals surface area contributed by atoms with E-state index in [1.165, 1.54) is 6.42 Å². The van der Waals surface area contributed by atoms with Gasteiger partial charge in [-0.25, -0.2) is 0 Å². The van der Waals surface area contributed by atoms with Gasteiger partial charge in [-0.3, -0.25) is 0 Å². The van der Waals surface area contributed by atoms with Crippen LogP contribution in [0.5, 0.6) is 5.75 Å². The predicted octanol–water partition coefficient (Wildman–Crippen LogP) is 1.70. The Morgan fingerprint density at radius 1 is 1.33 bits per heavy atom. The van der Waals surface area contributed by atoms with E-state index >= 15 is 0 Å². The van der Waals surface area contributed by atoms with Gasteiger partial charge in [0.2, 0.25) is 0 Å². The van der Waals surface area contributed by atoms with E-state index in [9.17, 15) is 0 Å². The van der Waals surface area contributed by atoms with Crippen LogP contribution in [-0.2, 0) is 0 Å². The molecule has 0 aromatic heterocycles. The number of benzene rings is 1. The summed E-state index contributed by atoms with van der Waals surface area (Å²) in [6.07, 6.45) is 1.28. The van der Waals surface area contributed by atoms with Gasteiger partial charge in [0.15, 0.2) is 0 Å². The molecule has 0 saturated heterocycles. The van der Waals surface area contributed by atoms with Gasteiger partial charge in [-0.1, -0.05) is 0 Å². The smallest absolute Gasteiger partial charge is 0.119 e. The minimum atomic E-state index is 0.746. The third-order valence-electron chi connectivity index (χ3n) is 3.03. The molecule has 1 saturated carbocycles. The van der Waals surface area contributed by atoms with E-state index in [1.54, 1.807) is 7.11 Å². The molecule has 15 heavy (non-hydrogen) atoms. The molecule has 0 heterocycles. The molecule has 1 fully saturated rings. The zero-order valence-electron chi connectivity index (χ0n) is 9.07. The van der Waals surface area contributed by atoms with E-state index in [1.807, 2.05) is 24.3 Å². The molecule has 3 nitrogen and oxygen atoms in total. The van der Waals surface area contributed by atoms with Crippen molar-refractivity contribution >= 4 is 5.69 Å². The van der Waals surface area contributed by atoms with Crippen LogP contribution in [0.2, 0.25) is 0 Å². The first-order valence-electron chi connectivity index (χ1n) is 5.41. The SMILES string of the molecule is COc1ccc(NC[C@H]2C[C@H]2CN)cc1. The van der Waals surface area contributed by atoms with E-state index < -0.39 is 0 Å². The van der Waals surface area contributed by atoms with Crippen molar-refractivity contribution in [2.75, 3.05) is 25.5 Å². The van der Waals surface area contributed by atoms with E-state index in [0.717, 1.165) is 36.4 Å². The fourth-order valence-electron chi connectivity index (χ4n) is 1.81. The molecule has 3 heteroatoms. The second kappa shape index (κ2) is 4.53. The van der Waals surface area contributed by atoms with Crippen molar-refractivity contribution in [3.8, 4) is 5.75 Å². The highest BCUT2D eigenvalue weighted by molar-refractivity contribution is 5.46. The number of nitrogens with one attached hydrogen (secondary N) is 1. The van der Waals surface area contributed by atoms with Crippen LogP contribution in [0.1, 0.15) is 6.42 Å². The molecule has 1 aromatic carbocycles. The first-order valence-corrected chi connectivity index (χ1v) is 5.41. The van der Waals surface area contributed by atoms with Gasteiger partial charge in [0.25, 0.3) is 0 Å². The van der Waals surface area contributed by atoms with Gasteiger partial charge in [0.05, 0.1) is 7.11 Å². The Bertz CT molecular complexity index is 310. The number of hydrogen-bond acceptors (Lipinski definition) is 3. The van der Waals surface area contributed by atoms with Crippen LogP contribution >= 0.6 is 0 Å². The zero-order valence-corrected chi connectivity index (χ0v) is 9.07. The first kappa shape index (κ1) is 10.3. The van der Waals surface area contributed by atoms with E-state index in [0.29, 0.717) is 0 Å². The molecule has 1 aliphatic rings. The standard InChI is InChI=1S/C12H18N2O/c1-15-12-4-2-11(3-5-12)14-8-10-6-9(10)7-13/h2-5,9-10,14H,6-8,13H2,1H3/t9-,10+/m0/s1. The van der Waals surface area contributed by atoms with Gasteiger partial charge in [-0.05, 0) is 49.1 Å². The van der Waals surface area contributed by atoms with Gasteiger partial charge < -0.3 is 15.8 Å². The molecule has 0 bridgehead atoms. The summed E-state index contributed by atoms with van der Waals surface area (Å²) in [6, 6.07) is 8.02. The number of nitrogens with two attached hydrogens (primary N) is 1. The largest absolute Gasteiger partial charge is 0.497 e. The van der Waals surface area contributed by atoms with Crippen molar-refractivity contribution < 1.29 is 4.74 Å². The minimum absolute atomic E-state index is 0.746. The molecule has 3 N–H and O–H groups in total. The monoisotopic (exact) mass is 206 g/mol. The highest BCUT2D eigenvalue weighted by Crippen LogP contribution is 2.37. The Morgan fingerprint density at radius 3 is 2.60 bits per heavy atom. The van der Waals surface area contributed by atoms with Gasteiger partial charge in [0.1, 0.15) is 5.75 Å². The van der Waals surface area contributed by atoms with Crippen molar-refractivity contribution in [2.45, 2.75) is 6.42 Å². The maximum Gasteiger partial charge on any atom is 0.119 e. The molecule has 82 valence electrons. The van der Waals surface area contributed by atoms with Crippen LogP contribution in [0, 0.1) is 11.8 Å². The van der Waals surface area contributed by atoms with Crippen LogP contribution in [0.15, 0.2) is 24.3 Å².